The molecule has 0 saturated heterocycles. The summed E-state index contributed by atoms with van der Waals surface area (Å²) in [6.07, 6.45) is 5.23. The highest BCUT2D eigenvalue weighted by atomic mass is 19.1. The molecule has 0 radical (unpaired) electrons. The largest absolute Gasteiger partial charge is 0.311 e. The molecule has 1 aliphatic rings. The van der Waals surface area contributed by atoms with Gasteiger partial charge in [-0.25, -0.2) is 9.07 Å². The minimum Gasteiger partial charge on any atom is -0.311 e. The first-order valence-electron chi connectivity index (χ1n) is 8.13. The molecule has 0 unspecified atom stereocenters. The highest BCUT2D eigenvalue weighted by Crippen LogP contribution is 2.40. The summed E-state index contributed by atoms with van der Waals surface area (Å²) in [5.41, 5.74) is 1.94. The third kappa shape index (κ3) is 3.78. The Morgan fingerprint density at radius 1 is 1.39 bits per heavy atom. The molecule has 122 valence electrons. The average Bonchev–Trinajstić information content (AvgIpc) is 3.32. The fourth-order valence-corrected chi connectivity index (χ4v) is 2.79. The number of rotatable bonds is 6. The second-order valence-corrected chi connectivity index (χ2v) is 6.37. The summed E-state index contributed by atoms with van der Waals surface area (Å²) >= 11 is 0. The van der Waals surface area contributed by atoms with E-state index in [0.717, 1.165) is 16.9 Å². The Labute approximate surface area is 135 Å². The molecule has 1 heterocycles. The van der Waals surface area contributed by atoms with Crippen molar-refractivity contribution in [3.05, 3.63) is 47.4 Å². The van der Waals surface area contributed by atoms with Gasteiger partial charge in [-0.2, -0.15) is 5.10 Å². The van der Waals surface area contributed by atoms with Crippen LogP contribution >= 0.6 is 0 Å². The topological polar surface area (TPSA) is 46.9 Å². The zero-order valence-electron chi connectivity index (χ0n) is 13.6. The van der Waals surface area contributed by atoms with Crippen molar-refractivity contribution < 1.29 is 9.18 Å². The third-order valence-corrected chi connectivity index (χ3v) is 4.48. The van der Waals surface area contributed by atoms with Crippen LogP contribution in [0.3, 0.4) is 0 Å². The first-order chi connectivity index (χ1) is 11.0. The first kappa shape index (κ1) is 15.7. The van der Waals surface area contributed by atoms with Crippen molar-refractivity contribution in [1.82, 2.24) is 9.78 Å². The summed E-state index contributed by atoms with van der Waals surface area (Å²) in [5.74, 6) is 1.17. The molecule has 0 bridgehead atoms. The van der Waals surface area contributed by atoms with Crippen LogP contribution in [0.4, 0.5) is 10.2 Å². The average molecular weight is 315 g/mol. The van der Waals surface area contributed by atoms with Crippen molar-refractivity contribution in [3.8, 4) is 0 Å². The van der Waals surface area contributed by atoms with Crippen LogP contribution in [0.5, 0.6) is 0 Å². The molecule has 1 aromatic heterocycles. The van der Waals surface area contributed by atoms with Gasteiger partial charge < -0.3 is 5.32 Å². The smallest absolute Gasteiger partial charge is 0.225 e. The Bertz CT molecular complexity index is 689. The van der Waals surface area contributed by atoms with Crippen LogP contribution < -0.4 is 5.32 Å². The van der Waals surface area contributed by atoms with E-state index >= 15 is 0 Å². The summed E-state index contributed by atoms with van der Waals surface area (Å²) in [6, 6.07) is 6.59. The SMILES string of the molecule is Cc1cnn([C@@H](C)C2CC2)c1NC(=O)CCc1ccc(F)cc1. The van der Waals surface area contributed by atoms with E-state index in [2.05, 4.69) is 17.3 Å². The van der Waals surface area contributed by atoms with E-state index in [1.807, 2.05) is 11.6 Å². The zero-order valence-corrected chi connectivity index (χ0v) is 13.6. The normalized spacial score (nSPS) is 15.4. The fraction of sp³-hybridized carbons (Fsp3) is 0.444. The third-order valence-electron chi connectivity index (χ3n) is 4.48. The van der Waals surface area contributed by atoms with E-state index in [1.54, 1.807) is 18.3 Å². The van der Waals surface area contributed by atoms with Crippen LogP contribution in [0.15, 0.2) is 30.5 Å². The van der Waals surface area contributed by atoms with Crippen LogP contribution in [0.25, 0.3) is 0 Å². The molecule has 1 N–H and O–H groups in total. The molecule has 3 rings (SSSR count). The number of halogens is 1. The molecule has 1 aliphatic carbocycles. The van der Waals surface area contributed by atoms with Crippen molar-refractivity contribution in [3.63, 3.8) is 0 Å². The number of anilines is 1. The van der Waals surface area contributed by atoms with Gasteiger partial charge in [-0.3, -0.25) is 4.79 Å². The lowest BCUT2D eigenvalue weighted by molar-refractivity contribution is -0.116. The van der Waals surface area contributed by atoms with Gasteiger partial charge in [-0.1, -0.05) is 12.1 Å². The van der Waals surface area contributed by atoms with Gasteiger partial charge in [0.2, 0.25) is 5.91 Å². The quantitative estimate of drug-likeness (QED) is 0.879. The zero-order chi connectivity index (χ0) is 16.4. The minimum absolute atomic E-state index is 0.0397. The Balaban J connectivity index is 1.61. The number of carbonyl (C=O) groups is 1. The van der Waals surface area contributed by atoms with Gasteiger partial charge in [0, 0.05) is 12.0 Å². The lowest BCUT2D eigenvalue weighted by Gasteiger charge is -2.16. The maximum atomic E-state index is 12.9. The van der Waals surface area contributed by atoms with Crippen molar-refractivity contribution in [2.24, 2.45) is 5.92 Å². The van der Waals surface area contributed by atoms with Gasteiger partial charge in [0.15, 0.2) is 0 Å². The second-order valence-electron chi connectivity index (χ2n) is 6.37. The monoisotopic (exact) mass is 315 g/mol. The van der Waals surface area contributed by atoms with Crippen LogP contribution in [-0.4, -0.2) is 15.7 Å². The van der Waals surface area contributed by atoms with Crippen LogP contribution in [-0.2, 0) is 11.2 Å². The lowest BCUT2D eigenvalue weighted by atomic mass is 10.1. The number of hydrogen-bond donors (Lipinski definition) is 1. The molecule has 1 fully saturated rings. The van der Waals surface area contributed by atoms with Gasteiger partial charge in [0.05, 0.1) is 12.2 Å². The summed E-state index contributed by atoms with van der Waals surface area (Å²) in [7, 11) is 0. The molecule has 23 heavy (non-hydrogen) atoms. The van der Waals surface area contributed by atoms with Crippen molar-refractivity contribution >= 4 is 11.7 Å². The van der Waals surface area contributed by atoms with Gasteiger partial charge >= 0.3 is 0 Å². The molecule has 1 aromatic carbocycles. The van der Waals surface area contributed by atoms with E-state index in [4.69, 9.17) is 0 Å². The van der Waals surface area contributed by atoms with Gasteiger partial charge in [-0.15, -0.1) is 0 Å². The summed E-state index contributed by atoms with van der Waals surface area (Å²) in [6.45, 7) is 4.11. The standard InChI is InChI=1S/C18H22FN3O/c1-12-11-20-22(13(2)15-6-7-15)18(12)21-17(23)10-5-14-3-8-16(19)9-4-14/h3-4,8-9,11,13,15H,5-7,10H2,1-2H3,(H,21,23)/t13-/m0/s1. The number of nitrogens with one attached hydrogen (secondary N) is 1. The molecule has 1 saturated carbocycles. The lowest BCUT2D eigenvalue weighted by Crippen LogP contribution is -2.19. The van der Waals surface area contributed by atoms with Gasteiger partial charge in [0.1, 0.15) is 11.6 Å². The summed E-state index contributed by atoms with van der Waals surface area (Å²) in [4.78, 5) is 12.2. The maximum absolute atomic E-state index is 12.9. The van der Waals surface area contributed by atoms with Crippen LogP contribution in [0.1, 0.15) is 43.4 Å². The van der Waals surface area contributed by atoms with E-state index in [1.165, 1.54) is 25.0 Å². The Morgan fingerprint density at radius 3 is 2.74 bits per heavy atom. The molecular weight excluding hydrogens is 293 g/mol. The molecule has 0 spiro atoms. The van der Waals surface area contributed by atoms with Gasteiger partial charge in [-0.05, 0) is 56.7 Å². The highest BCUT2D eigenvalue weighted by molar-refractivity contribution is 5.90. The number of aromatic nitrogens is 2. The number of nitrogens with zero attached hydrogens (tertiary/aromatic N) is 2. The molecule has 2 aromatic rings. The molecule has 1 atom stereocenters. The molecule has 5 heteroatoms. The van der Waals surface area contributed by atoms with Crippen molar-refractivity contribution in [2.45, 2.75) is 45.6 Å². The number of amides is 1. The number of aryl methyl sites for hydroxylation is 2. The van der Waals surface area contributed by atoms with Crippen LogP contribution in [0.2, 0.25) is 0 Å². The van der Waals surface area contributed by atoms with Gasteiger partial charge in [0.25, 0.3) is 0 Å². The number of benzene rings is 1. The Hall–Kier alpha value is -2.17. The summed E-state index contributed by atoms with van der Waals surface area (Å²) < 4.78 is 14.8. The first-order valence-corrected chi connectivity index (χ1v) is 8.13. The van der Waals surface area contributed by atoms with Crippen molar-refractivity contribution in [1.29, 1.82) is 0 Å². The van der Waals surface area contributed by atoms with Crippen molar-refractivity contribution in [2.75, 3.05) is 5.32 Å². The van der Waals surface area contributed by atoms with E-state index in [0.29, 0.717) is 24.8 Å². The molecule has 0 aliphatic heterocycles. The highest BCUT2D eigenvalue weighted by Gasteiger charge is 2.31. The predicted octanol–water partition coefficient (Wildman–Crippen LogP) is 3.87. The second kappa shape index (κ2) is 6.52. The predicted molar refractivity (Wildman–Crippen MR) is 87.7 cm³/mol. The molecule has 1 amide bonds. The molecule has 4 nitrogen and oxygen atoms in total. The number of hydrogen-bond acceptors (Lipinski definition) is 2. The fourth-order valence-electron chi connectivity index (χ4n) is 2.79. The number of carbonyl (C=O) groups excluding carboxylic acids is 1. The van der Waals surface area contributed by atoms with E-state index in [9.17, 15) is 9.18 Å². The summed E-state index contributed by atoms with van der Waals surface area (Å²) in [5, 5.41) is 7.41. The van der Waals surface area contributed by atoms with Crippen LogP contribution in [0, 0.1) is 18.7 Å². The minimum atomic E-state index is -0.258. The van der Waals surface area contributed by atoms with E-state index in [-0.39, 0.29) is 11.7 Å². The Morgan fingerprint density at radius 2 is 2.09 bits per heavy atom. The molecular formula is C18H22FN3O. The van der Waals surface area contributed by atoms with E-state index < -0.39 is 0 Å². The maximum Gasteiger partial charge on any atom is 0.225 e. The Kier molecular flexibility index (Phi) is 4.46.